The molecule has 0 atom stereocenters. The third-order valence-electron chi connectivity index (χ3n) is 1.75. The third kappa shape index (κ3) is 3.85. The zero-order valence-corrected chi connectivity index (χ0v) is 8.64. The van der Waals surface area contributed by atoms with Crippen LogP contribution in [0.1, 0.15) is 18.9 Å². The first kappa shape index (κ1) is 11.3. The third-order valence-corrected chi connectivity index (χ3v) is 1.75. The van der Waals surface area contributed by atoms with Gasteiger partial charge in [-0.25, -0.2) is 4.79 Å². The molecule has 1 aromatic carbocycles. The van der Waals surface area contributed by atoms with Crippen molar-refractivity contribution in [3.8, 4) is 0 Å². The Bertz CT molecular complexity index is 341. The number of benzene rings is 1. The fraction of sp³-hybridized carbons (Fsp3) is 0.250. The van der Waals surface area contributed by atoms with Gasteiger partial charge in [0, 0.05) is 0 Å². The molecule has 1 N–H and O–H groups in total. The van der Waals surface area contributed by atoms with Crippen LogP contribution in [-0.2, 0) is 9.53 Å². The van der Waals surface area contributed by atoms with Gasteiger partial charge in [0.1, 0.15) is 0 Å². The molecule has 1 aromatic rings. The maximum absolute atomic E-state index is 11.2. The van der Waals surface area contributed by atoms with Gasteiger partial charge >= 0.3 is 5.97 Å². The largest absolute Gasteiger partial charge is 0.502 e. The summed E-state index contributed by atoms with van der Waals surface area (Å²) in [5.74, 6) is -1.05. The van der Waals surface area contributed by atoms with Crippen molar-refractivity contribution < 1.29 is 14.6 Å². The molecule has 0 heterocycles. The Balaban J connectivity index is 2.63. The van der Waals surface area contributed by atoms with Gasteiger partial charge in [-0.3, -0.25) is 0 Å². The highest BCUT2D eigenvalue weighted by Crippen LogP contribution is 2.05. The highest BCUT2D eigenvalue weighted by molar-refractivity contribution is 5.90. The van der Waals surface area contributed by atoms with E-state index in [-0.39, 0.29) is 5.76 Å². The Morgan fingerprint density at radius 3 is 2.67 bits per heavy atom. The summed E-state index contributed by atoms with van der Waals surface area (Å²) in [6.45, 7) is 2.22. The van der Waals surface area contributed by atoms with Crippen LogP contribution in [0.2, 0.25) is 0 Å². The molecule has 0 fully saturated rings. The number of carbonyl (C=O) groups is 1. The van der Waals surface area contributed by atoms with Gasteiger partial charge in [0.2, 0.25) is 5.76 Å². The topological polar surface area (TPSA) is 46.5 Å². The molecule has 0 saturated carbocycles. The summed E-state index contributed by atoms with van der Waals surface area (Å²) in [4.78, 5) is 11.2. The van der Waals surface area contributed by atoms with Crippen LogP contribution in [0.5, 0.6) is 0 Å². The summed E-state index contributed by atoms with van der Waals surface area (Å²) in [5, 5.41) is 9.38. The molecule has 0 aromatic heterocycles. The van der Waals surface area contributed by atoms with Crippen LogP contribution >= 0.6 is 0 Å². The molecule has 0 saturated heterocycles. The van der Waals surface area contributed by atoms with Crippen molar-refractivity contribution in [2.75, 3.05) is 6.61 Å². The minimum Gasteiger partial charge on any atom is -0.502 e. The fourth-order valence-electron chi connectivity index (χ4n) is 1.03. The Labute approximate surface area is 89.0 Å². The van der Waals surface area contributed by atoms with Crippen LogP contribution in [0.3, 0.4) is 0 Å². The number of aliphatic hydroxyl groups is 1. The molecule has 0 amide bonds. The van der Waals surface area contributed by atoms with Gasteiger partial charge in [0.05, 0.1) is 6.61 Å². The zero-order chi connectivity index (χ0) is 11.1. The Morgan fingerprint density at radius 1 is 1.40 bits per heavy atom. The van der Waals surface area contributed by atoms with E-state index in [1.165, 1.54) is 6.08 Å². The Kier molecular flexibility index (Phi) is 4.41. The number of hydrogen-bond donors (Lipinski definition) is 1. The first-order valence-electron chi connectivity index (χ1n) is 4.87. The van der Waals surface area contributed by atoms with Crippen LogP contribution in [0.25, 0.3) is 6.08 Å². The summed E-state index contributed by atoms with van der Waals surface area (Å²) >= 11 is 0. The van der Waals surface area contributed by atoms with Crippen molar-refractivity contribution in [2.45, 2.75) is 13.3 Å². The molecule has 15 heavy (non-hydrogen) atoms. The number of carbonyl (C=O) groups excluding carboxylic acids is 1. The lowest BCUT2D eigenvalue weighted by atomic mass is 10.2. The van der Waals surface area contributed by atoms with Crippen molar-refractivity contribution >= 4 is 12.0 Å². The van der Waals surface area contributed by atoms with Gasteiger partial charge in [0.15, 0.2) is 0 Å². The van der Waals surface area contributed by atoms with Crippen molar-refractivity contribution in [2.24, 2.45) is 0 Å². The minimum atomic E-state index is -0.680. The first-order valence-corrected chi connectivity index (χ1v) is 4.87. The van der Waals surface area contributed by atoms with Crippen molar-refractivity contribution in [1.82, 2.24) is 0 Å². The van der Waals surface area contributed by atoms with E-state index in [4.69, 9.17) is 4.74 Å². The minimum absolute atomic E-state index is 0.325. The highest BCUT2D eigenvalue weighted by atomic mass is 16.5. The monoisotopic (exact) mass is 206 g/mol. The van der Waals surface area contributed by atoms with Gasteiger partial charge < -0.3 is 9.84 Å². The van der Waals surface area contributed by atoms with Crippen LogP contribution in [0.15, 0.2) is 36.1 Å². The molecule has 0 aliphatic rings. The molecular weight excluding hydrogens is 192 g/mol. The maximum Gasteiger partial charge on any atom is 0.373 e. The molecule has 80 valence electrons. The second kappa shape index (κ2) is 5.86. The van der Waals surface area contributed by atoms with Gasteiger partial charge in [-0.2, -0.15) is 0 Å². The zero-order valence-electron chi connectivity index (χ0n) is 8.64. The summed E-state index contributed by atoms with van der Waals surface area (Å²) in [6.07, 6.45) is 2.13. The van der Waals surface area contributed by atoms with Gasteiger partial charge in [0.25, 0.3) is 0 Å². The first-order chi connectivity index (χ1) is 7.24. The summed E-state index contributed by atoms with van der Waals surface area (Å²) in [7, 11) is 0. The number of aliphatic hydroxyl groups excluding tert-OH is 1. The van der Waals surface area contributed by atoms with Crippen LogP contribution in [-0.4, -0.2) is 17.7 Å². The predicted octanol–water partition coefficient (Wildman–Crippen LogP) is 2.54. The SMILES string of the molecule is CCCOC(=O)/C(O)=C/c1ccccc1. The second-order valence-electron chi connectivity index (χ2n) is 3.08. The number of ether oxygens (including phenoxy) is 1. The summed E-state index contributed by atoms with van der Waals surface area (Å²) in [6, 6.07) is 9.11. The fourth-order valence-corrected chi connectivity index (χ4v) is 1.03. The van der Waals surface area contributed by atoms with Gasteiger partial charge in [-0.15, -0.1) is 0 Å². The Hall–Kier alpha value is -1.77. The van der Waals surface area contributed by atoms with E-state index in [1.807, 2.05) is 25.1 Å². The quantitative estimate of drug-likeness (QED) is 0.468. The van der Waals surface area contributed by atoms with E-state index in [1.54, 1.807) is 12.1 Å². The summed E-state index contributed by atoms with van der Waals surface area (Å²) < 4.78 is 4.77. The van der Waals surface area contributed by atoms with E-state index in [9.17, 15) is 9.90 Å². The smallest absolute Gasteiger partial charge is 0.373 e. The second-order valence-corrected chi connectivity index (χ2v) is 3.08. The molecule has 0 aliphatic carbocycles. The van der Waals surface area contributed by atoms with E-state index < -0.39 is 5.97 Å². The molecule has 3 nitrogen and oxygen atoms in total. The lowest BCUT2D eigenvalue weighted by molar-refractivity contribution is -0.141. The average molecular weight is 206 g/mol. The molecule has 0 bridgehead atoms. The lowest BCUT2D eigenvalue weighted by Crippen LogP contribution is -2.07. The van der Waals surface area contributed by atoms with Gasteiger partial charge in [-0.1, -0.05) is 37.3 Å². The standard InChI is InChI=1S/C12H14O3/c1-2-8-15-12(14)11(13)9-10-6-4-3-5-7-10/h3-7,9,13H,2,8H2,1H3/b11-9-. The molecular formula is C12H14O3. The molecule has 0 radical (unpaired) electrons. The van der Waals surface area contributed by atoms with E-state index in [0.29, 0.717) is 6.61 Å². The highest BCUT2D eigenvalue weighted by Gasteiger charge is 2.07. The average Bonchev–Trinajstić information content (AvgIpc) is 2.27. The van der Waals surface area contributed by atoms with Crippen molar-refractivity contribution in [1.29, 1.82) is 0 Å². The molecule has 0 aliphatic heterocycles. The van der Waals surface area contributed by atoms with Crippen LogP contribution < -0.4 is 0 Å². The van der Waals surface area contributed by atoms with E-state index >= 15 is 0 Å². The predicted molar refractivity (Wildman–Crippen MR) is 58.3 cm³/mol. The van der Waals surface area contributed by atoms with Crippen LogP contribution in [0.4, 0.5) is 0 Å². The maximum atomic E-state index is 11.2. The van der Waals surface area contributed by atoms with Crippen LogP contribution in [0, 0.1) is 0 Å². The van der Waals surface area contributed by atoms with Crippen molar-refractivity contribution in [3.63, 3.8) is 0 Å². The normalized spacial score (nSPS) is 11.1. The Morgan fingerprint density at radius 2 is 2.07 bits per heavy atom. The number of esters is 1. The molecule has 0 unspecified atom stereocenters. The molecule has 0 spiro atoms. The molecule has 3 heteroatoms. The van der Waals surface area contributed by atoms with E-state index in [2.05, 4.69) is 0 Å². The van der Waals surface area contributed by atoms with E-state index in [0.717, 1.165) is 12.0 Å². The number of hydrogen-bond acceptors (Lipinski definition) is 3. The molecule has 1 rings (SSSR count). The number of rotatable bonds is 4. The van der Waals surface area contributed by atoms with Crippen molar-refractivity contribution in [3.05, 3.63) is 41.7 Å². The summed E-state index contributed by atoms with van der Waals surface area (Å²) in [5.41, 5.74) is 0.767. The lowest BCUT2D eigenvalue weighted by Gasteiger charge is -2.01. The van der Waals surface area contributed by atoms with Gasteiger partial charge in [-0.05, 0) is 18.1 Å².